The maximum absolute atomic E-state index is 12.8. The van der Waals surface area contributed by atoms with Crippen molar-refractivity contribution in [3.8, 4) is 5.75 Å². The minimum Gasteiger partial charge on any atom is -0.489 e. The number of carbonyl (C=O) groups excluding carboxylic acids is 2. The van der Waals surface area contributed by atoms with E-state index in [2.05, 4.69) is 0 Å². The number of ketones is 1. The van der Waals surface area contributed by atoms with Gasteiger partial charge >= 0.3 is 5.97 Å². The van der Waals surface area contributed by atoms with E-state index in [1.165, 1.54) is 0 Å². The van der Waals surface area contributed by atoms with E-state index in [-0.39, 0.29) is 29.7 Å². The lowest BCUT2D eigenvalue weighted by atomic mass is 9.70. The minimum absolute atomic E-state index is 0.0223. The maximum atomic E-state index is 12.8. The average Bonchev–Trinajstić information content (AvgIpc) is 2.48. The molecule has 0 spiro atoms. The molecule has 3 aliphatic rings. The van der Waals surface area contributed by atoms with Crippen molar-refractivity contribution in [3.05, 3.63) is 40.4 Å². The van der Waals surface area contributed by atoms with Crippen molar-refractivity contribution in [2.45, 2.75) is 18.9 Å². The highest BCUT2D eigenvalue weighted by Crippen LogP contribution is 2.44. The third-order valence-corrected chi connectivity index (χ3v) is 4.72. The molecule has 2 heterocycles. The molecule has 1 aliphatic carbocycles. The molecule has 5 heteroatoms. The lowest BCUT2D eigenvalue weighted by molar-refractivity contribution is -0.143. The first-order valence-corrected chi connectivity index (χ1v) is 7.40. The molecule has 0 bridgehead atoms. The maximum Gasteiger partial charge on any atom is 0.333 e. The van der Waals surface area contributed by atoms with Crippen LogP contribution < -0.4 is 4.74 Å². The predicted octanol–water partition coefficient (Wildman–Crippen LogP) is 2.79. The Morgan fingerprint density at radius 3 is 2.95 bits per heavy atom. The summed E-state index contributed by atoms with van der Waals surface area (Å²) in [7, 11) is 0. The molecular formula is C16H13ClO4. The van der Waals surface area contributed by atoms with Crippen molar-refractivity contribution in [3.63, 3.8) is 0 Å². The van der Waals surface area contributed by atoms with Crippen LogP contribution in [0.1, 0.15) is 23.2 Å². The first-order chi connectivity index (χ1) is 10.1. The van der Waals surface area contributed by atoms with E-state index in [9.17, 15) is 9.59 Å². The smallest absolute Gasteiger partial charge is 0.333 e. The first kappa shape index (κ1) is 12.9. The van der Waals surface area contributed by atoms with Crippen LogP contribution in [0.5, 0.6) is 5.75 Å². The number of hydrogen-bond donors (Lipinski definition) is 0. The summed E-state index contributed by atoms with van der Waals surface area (Å²) in [5.74, 6) is -0.113. The Labute approximate surface area is 126 Å². The monoisotopic (exact) mass is 304 g/mol. The zero-order chi connectivity index (χ0) is 14.6. The zero-order valence-electron chi connectivity index (χ0n) is 11.2. The molecule has 0 amide bonds. The highest BCUT2D eigenvalue weighted by molar-refractivity contribution is 6.31. The van der Waals surface area contributed by atoms with E-state index in [0.717, 1.165) is 0 Å². The van der Waals surface area contributed by atoms with Gasteiger partial charge in [0.2, 0.25) is 0 Å². The third-order valence-electron chi connectivity index (χ3n) is 4.49. The summed E-state index contributed by atoms with van der Waals surface area (Å²) in [6.45, 7) is 0.361. The Morgan fingerprint density at radius 1 is 1.24 bits per heavy atom. The molecule has 2 aliphatic heterocycles. The molecule has 0 saturated carbocycles. The van der Waals surface area contributed by atoms with E-state index in [1.54, 1.807) is 18.2 Å². The van der Waals surface area contributed by atoms with E-state index < -0.39 is 0 Å². The Bertz CT molecular complexity index is 679. The topological polar surface area (TPSA) is 52.6 Å². The summed E-state index contributed by atoms with van der Waals surface area (Å²) in [6.07, 6.45) is 2.89. The number of halogens is 1. The molecule has 21 heavy (non-hydrogen) atoms. The number of carbonyl (C=O) groups is 2. The van der Waals surface area contributed by atoms with E-state index >= 15 is 0 Å². The number of cyclic esters (lactones) is 1. The number of rotatable bonds is 0. The minimum atomic E-state index is -0.316. The van der Waals surface area contributed by atoms with Gasteiger partial charge in [-0.05, 0) is 24.6 Å². The summed E-state index contributed by atoms with van der Waals surface area (Å²) >= 11 is 5.98. The molecule has 0 N–H and O–H groups in total. The highest BCUT2D eigenvalue weighted by atomic mass is 35.5. The quantitative estimate of drug-likeness (QED) is 0.692. The van der Waals surface area contributed by atoms with Crippen LogP contribution in [0.15, 0.2) is 29.8 Å². The number of benzene rings is 1. The Morgan fingerprint density at radius 2 is 2.10 bits per heavy atom. The summed E-state index contributed by atoms with van der Waals surface area (Å²) in [6, 6.07) is 5.10. The Balaban J connectivity index is 1.78. The molecule has 0 aromatic heterocycles. The lowest BCUT2D eigenvalue weighted by Crippen LogP contribution is -2.47. The predicted molar refractivity (Wildman–Crippen MR) is 75.5 cm³/mol. The van der Waals surface area contributed by atoms with Gasteiger partial charge in [0, 0.05) is 22.9 Å². The summed E-state index contributed by atoms with van der Waals surface area (Å²) in [5, 5.41) is 0.513. The second kappa shape index (κ2) is 4.60. The van der Waals surface area contributed by atoms with Crippen LogP contribution in [0.4, 0.5) is 0 Å². The summed E-state index contributed by atoms with van der Waals surface area (Å²) in [5.41, 5.74) is 1.15. The van der Waals surface area contributed by atoms with E-state index in [1.807, 2.05) is 6.08 Å². The molecule has 108 valence electrons. The second-order valence-electron chi connectivity index (χ2n) is 5.61. The number of fused-ring (bicyclic) bond motifs is 4. The fourth-order valence-electron chi connectivity index (χ4n) is 3.54. The number of esters is 1. The van der Waals surface area contributed by atoms with Gasteiger partial charge in [-0.25, -0.2) is 4.79 Å². The van der Waals surface area contributed by atoms with E-state index in [0.29, 0.717) is 41.4 Å². The van der Waals surface area contributed by atoms with Crippen molar-refractivity contribution in [1.29, 1.82) is 0 Å². The molecule has 1 aromatic rings. The molecular weight excluding hydrogens is 292 g/mol. The average molecular weight is 305 g/mol. The number of hydrogen-bond acceptors (Lipinski definition) is 4. The van der Waals surface area contributed by atoms with Crippen molar-refractivity contribution < 1.29 is 19.1 Å². The highest BCUT2D eigenvalue weighted by Gasteiger charge is 2.48. The van der Waals surface area contributed by atoms with E-state index in [4.69, 9.17) is 21.1 Å². The zero-order valence-corrected chi connectivity index (χ0v) is 11.9. The van der Waals surface area contributed by atoms with Crippen molar-refractivity contribution in [2.75, 3.05) is 6.61 Å². The lowest BCUT2D eigenvalue weighted by Gasteiger charge is -2.41. The van der Waals surface area contributed by atoms with Gasteiger partial charge in [-0.15, -0.1) is 0 Å². The molecule has 1 saturated heterocycles. The van der Waals surface area contributed by atoms with Gasteiger partial charge in [0.25, 0.3) is 0 Å². The summed E-state index contributed by atoms with van der Waals surface area (Å²) < 4.78 is 11.0. The number of ether oxygens (including phenoxy) is 2. The van der Waals surface area contributed by atoms with Gasteiger partial charge in [0.1, 0.15) is 11.9 Å². The molecule has 4 rings (SSSR count). The normalized spacial score (nSPS) is 30.3. The molecule has 0 radical (unpaired) electrons. The molecule has 0 unspecified atom stereocenters. The van der Waals surface area contributed by atoms with Crippen molar-refractivity contribution >= 4 is 23.4 Å². The molecule has 3 atom stereocenters. The Hall–Kier alpha value is -1.81. The second-order valence-corrected chi connectivity index (χ2v) is 6.05. The fourth-order valence-corrected chi connectivity index (χ4v) is 3.71. The Kier molecular flexibility index (Phi) is 2.82. The van der Waals surface area contributed by atoms with Gasteiger partial charge in [0.05, 0.1) is 18.1 Å². The number of Topliss-reactive ketones (excluding diaryl/α,β-unsaturated/α-hetero) is 1. The molecule has 4 nitrogen and oxygen atoms in total. The molecule has 1 fully saturated rings. The first-order valence-electron chi connectivity index (χ1n) is 7.03. The van der Waals surface area contributed by atoms with Crippen molar-refractivity contribution in [2.24, 2.45) is 11.8 Å². The fraction of sp³-hybridized carbons (Fsp3) is 0.375. The van der Waals surface area contributed by atoms with Gasteiger partial charge in [-0.1, -0.05) is 17.7 Å². The summed E-state index contributed by atoms with van der Waals surface area (Å²) in [4.78, 5) is 24.7. The van der Waals surface area contributed by atoms with Crippen LogP contribution in [0.2, 0.25) is 5.02 Å². The van der Waals surface area contributed by atoms with Crippen LogP contribution in [0.25, 0.3) is 0 Å². The van der Waals surface area contributed by atoms with Gasteiger partial charge in [-0.2, -0.15) is 0 Å². The largest absolute Gasteiger partial charge is 0.489 e. The standard InChI is InChI=1S/C16H13ClO4/c17-8-1-3-12-11(7-8)15(18)14-9-5-6-20-16(19)10(9)2-4-13(14)21-12/h1-3,7,9,13-14H,4-6H2/t9-,13+,14+/m0/s1. The van der Waals surface area contributed by atoms with Crippen LogP contribution >= 0.6 is 11.6 Å². The third kappa shape index (κ3) is 1.89. The molecule has 1 aromatic carbocycles. The van der Waals surface area contributed by atoms with Crippen molar-refractivity contribution in [1.82, 2.24) is 0 Å². The SMILES string of the molecule is O=C1OCC[C@H]2C1=CC[C@H]1Oc3ccc(Cl)cc3C(=O)[C@@H]12. The van der Waals surface area contributed by atoms with Crippen LogP contribution in [-0.2, 0) is 9.53 Å². The van der Waals surface area contributed by atoms with Gasteiger partial charge in [-0.3, -0.25) is 4.79 Å². The van der Waals surface area contributed by atoms with Crippen LogP contribution in [-0.4, -0.2) is 24.5 Å². The van der Waals surface area contributed by atoms with Crippen LogP contribution in [0.3, 0.4) is 0 Å². The van der Waals surface area contributed by atoms with Crippen LogP contribution in [0, 0.1) is 11.8 Å². The van der Waals surface area contributed by atoms with Gasteiger partial charge < -0.3 is 9.47 Å². The van der Waals surface area contributed by atoms with Gasteiger partial charge in [0.15, 0.2) is 5.78 Å².